The second kappa shape index (κ2) is 3.27. The third kappa shape index (κ3) is 1.36. The number of carbonyl (C=O) groups is 1. The number of nitro benzene ring substituents is 1. The molecule has 1 amide bonds. The van der Waals surface area contributed by atoms with Gasteiger partial charge in [-0.1, -0.05) is 0 Å². The Balaban J connectivity index is 2.35. The second-order valence-corrected chi connectivity index (χ2v) is 3.77. The lowest BCUT2D eigenvalue weighted by atomic mass is 10.0. The minimum Gasteiger partial charge on any atom is -0.436 e. The molecule has 17 heavy (non-hydrogen) atoms. The SMILES string of the molecule is O=C1CCc2cc([N+](=O)[O-])c3ocnc3c2N1. The molecule has 0 fully saturated rings. The van der Waals surface area contributed by atoms with Gasteiger partial charge in [0, 0.05) is 12.5 Å². The molecule has 2 heterocycles. The lowest BCUT2D eigenvalue weighted by Crippen LogP contribution is -2.19. The lowest BCUT2D eigenvalue weighted by molar-refractivity contribution is -0.383. The molecule has 7 nitrogen and oxygen atoms in total. The zero-order valence-corrected chi connectivity index (χ0v) is 8.60. The Morgan fingerprint density at radius 3 is 3.06 bits per heavy atom. The molecule has 1 N–H and O–H groups in total. The Labute approximate surface area is 94.6 Å². The van der Waals surface area contributed by atoms with Crippen molar-refractivity contribution in [1.29, 1.82) is 0 Å². The van der Waals surface area contributed by atoms with E-state index in [2.05, 4.69) is 10.3 Å². The van der Waals surface area contributed by atoms with Crippen molar-refractivity contribution in [2.45, 2.75) is 12.8 Å². The maximum absolute atomic E-state index is 11.3. The van der Waals surface area contributed by atoms with E-state index >= 15 is 0 Å². The standard InChI is InChI=1S/C10H7N3O4/c14-7-2-1-5-3-6(13(15)16)10-9(8(5)12-7)11-4-17-10/h3-4H,1-2H2,(H,12,14). The summed E-state index contributed by atoms with van der Waals surface area (Å²) in [7, 11) is 0. The highest BCUT2D eigenvalue weighted by Crippen LogP contribution is 2.36. The van der Waals surface area contributed by atoms with Crippen molar-refractivity contribution < 1.29 is 14.1 Å². The predicted octanol–water partition coefficient (Wildman–Crippen LogP) is 1.62. The molecular formula is C10H7N3O4. The summed E-state index contributed by atoms with van der Waals surface area (Å²) in [4.78, 5) is 25.6. The number of rotatable bonds is 1. The molecule has 0 bridgehead atoms. The molecule has 86 valence electrons. The van der Waals surface area contributed by atoms with Crippen LogP contribution in [0.5, 0.6) is 0 Å². The smallest absolute Gasteiger partial charge is 0.314 e. The van der Waals surface area contributed by atoms with E-state index in [9.17, 15) is 14.9 Å². The van der Waals surface area contributed by atoms with Gasteiger partial charge in [0.2, 0.25) is 11.5 Å². The van der Waals surface area contributed by atoms with Gasteiger partial charge in [-0.3, -0.25) is 14.9 Å². The van der Waals surface area contributed by atoms with E-state index in [-0.39, 0.29) is 17.2 Å². The summed E-state index contributed by atoms with van der Waals surface area (Å²) in [5.41, 5.74) is 1.55. The largest absolute Gasteiger partial charge is 0.436 e. The maximum Gasteiger partial charge on any atom is 0.314 e. The van der Waals surface area contributed by atoms with Crippen LogP contribution in [0.4, 0.5) is 11.4 Å². The molecule has 0 radical (unpaired) electrons. The number of hydrogen-bond donors (Lipinski definition) is 1. The average molecular weight is 233 g/mol. The van der Waals surface area contributed by atoms with Crippen molar-refractivity contribution >= 4 is 28.4 Å². The molecule has 0 atom stereocenters. The van der Waals surface area contributed by atoms with Crippen molar-refractivity contribution in [3.63, 3.8) is 0 Å². The van der Waals surface area contributed by atoms with Gasteiger partial charge >= 0.3 is 5.69 Å². The van der Waals surface area contributed by atoms with Crippen LogP contribution in [0.1, 0.15) is 12.0 Å². The number of carbonyl (C=O) groups excluding carboxylic acids is 1. The van der Waals surface area contributed by atoms with Gasteiger partial charge < -0.3 is 9.73 Å². The third-order valence-electron chi connectivity index (χ3n) is 2.75. The van der Waals surface area contributed by atoms with Gasteiger partial charge in [-0.25, -0.2) is 4.98 Å². The quantitative estimate of drug-likeness (QED) is 0.596. The number of nitrogens with one attached hydrogen (secondary N) is 1. The summed E-state index contributed by atoms with van der Waals surface area (Å²) in [6.07, 6.45) is 1.94. The fraction of sp³-hybridized carbons (Fsp3) is 0.200. The van der Waals surface area contributed by atoms with Crippen LogP contribution in [-0.4, -0.2) is 15.8 Å². The van der Waals surface area contributed by atoms with Gasteiger partial charge in [0.15, 0.2) is 6.39 Å². The number of aryl methyl sites for hydroxylation is 1. The number of oxazole rings is 1. The Hall–Kier alpha value is -2.44. The van der Waals surface area contributed by atoms with Crippen LogP contribution in [0.25, 0.3) is 11.1 Å². The summed E-state index contributed by atoms with van der Waals surface area (Å²) in [5, 5.41) is 13.6. The van der Waals surface area contributed by atoms with Crippen LogP contribution < -0.4 is 5.32 Å². The molecule has 0 aliphatic carbocycles. The average Bonchev–Trinajstić information content (AvgIpc) is 2.76. The number of hydrogen-bond acceptors (Lipinski definition) is 5. The number of anilines is 1. The van der Waals surface area contributed by atoms with Crippen LogP contribution in [0, 0.1) is 10.1 Å². The first-order chi connectivity index (χ1) is 8.16. The number of benzene rings is 1. The van der Waals surface area contributed by atoms with Gasteiger partial charge in [-0.15, -0.1) is 0 Å². The maximum atomic E-state index is 11.3. The van der Waals surface area contributed by atoms with E-state index in [1.165, 1.54) is 6.07 Å². The van der Waals surface area contributed by atoms with Crippen molar-refractivity contribution in [3.8, 4) is 0 Å². The lowest BCUT2D eigenvalue weighted by Gasteiger charge is -2.16. The zero-order chi connectivity index (χ0) is 12.0. The Morgan fingerprint density at radius 2 is 2.29 bits per heavy atom. The Bertz CT molecular complexity index is 646. The van der Waals surface area contributed by atoms with Gasteiger partial charge in [0.25, 0.3) is 0 Å². The molecule has 2 aromatic rings. The van der Waals surface area contributed by atoms with Crippen molar-refractivity contribution in [2.24, 2.45) is 0 Å². The van der Waals surface area contributed by atoms with E-state index < -0.39 is 4.92 Å². The summed E-state index contributed by atoms with van der Waals surface area (Å²) in [5.74, 6) is -0.115. The molecule has 1 aromatic heterocycles. The molecule has 0 saturated heterocycles. The molecule has 7 heteroatoms. The Morgan fingerprint density at radius 1 is 1.47 bits per heavy atom. The highest BCUT2D eigenvalue weighted by Gasteiger charge is 2.26. The second-order valence-electron chi connectivity index (χ2n) is 3.77. The van der Waals surface area contributed by atoms with Crippen LogP contribution in [0.15, 0.2) is 16.9 Å². The van der Waals surface area contributed by atoms with Gasteiger partial charge in [-0.2, -0.15) is 0 Å². The molecule has 1 aromatic carbocycles. The summed E-state index contributed by atoms with van der Waals surface area (Å²) in [6.45, 7) is 0. The summed E-state index contributed by atoms with van der Waals surface area (Å²) < 4.78 is 5.01. The summed E-state index contributed by atoms with van der Waals surface area (Å²) >= 11 is 0. The molecule has 1 aliphatic heterocycles. The number of aromatic nitrogens is 1. The van der Waals surface area contributed by atoms with E-state index in [4.69, 9.17) is 4.42 Å². The highest BCUT2D eigenvalue weighted by atomic mass is 16.6. The van der Waals surface area contributed by atoms with Crippen LogP contribution in [-0.2, 0) is 11.2 Å². The molecule has 0 unspecified atom stereocenters. The molecule has 0 spiro atoms. The monoisotopic (exact) mass is 233 g/mol. The first kappa shape index (κ1) is 9.76. The molecular weight excluding hydrogens is 226 g/mol. The molecule has 3 rings (SSSR count). The van der Waals surface area contributed by atoms with E-state index in [1.54, 1.807) is 0 Å². The van der Waals surface area contributed by atoms with E-state index in [1.807, 2.05) is 0 Å². The van der Waals surface area contributed by atoms with Crippen LogP contribution in [0.3, 0.4) is 0 Å². The van der Waals surface area contributed by atoms with E-state index in [0.29, 0.717) is 24.0 Å². The van der Waals surface area contributed by atoms with Crippen LogP contribution in [0.2, 0.25) is 0 Å². The van der Waals surface area contributed by atoms with Gasteiger partial charge in [0.1, 0.15) is 5.52 Å². The number of fused-ring (bicyclic) bond motifs is 3. The number of nitrogens with zero attached hydrogens (tertiary/aromatic N) is 2. The van der Waals surface area contributed by atoms with Gasteiger partial charge in [-0.05, 0) is 12.0 Å². The number of nitro groups is 1. The first-order valence-corrected chi connectivity index (χ1v) is 5.00. The first-order valence-electron chi connectivity index (χ1n) is 5.00. The third-order valence-corrected chi connectivity index (χ3v) is 2.75. The topological polar surface area (TPSA) is 98.3 Å². The minimum atomic E-state index is -0.510. The minimum absolute atomic E-state index is 0.0935. The number of amides is 1. The van der Waals surface area contributed by atoms with Crippen LogP contribution >= 0.6 is 0 Å². The Kier molecular flexibility index (Phi) is 1.88. The van der Waals surface area contributed by atoms with Crippen molar-refractivity contribution in [3.05, 3.63) is 28.1 Å². The van der Waals surface area contributed by atoms with Crippen molar-refractivity contribution in [1.82, 2.24) is 4.98 Å². The van der Waals surface area contributed by atoms with Crippen molar-refractivity contribution in [2.75, 3.05) is 5.32 Å². The number of non-ortho nitro benzene ring substituents is 1. The normalized spacial score (nSPS) is 14.5. The fourth-order valence-electron chi connectivity index (χ4n) is 1.98. The highest BCUT2D eigenvalue weighted by molar-refractivity contribution is 6.04. The van der Waals surface area contributed by atoms with Gasteiger partial charge in [0.05, 0.1) is 10.6 Å². The predicted molar refractivity (Wildman–Crippen MR) is 57.6 cm³/mol. The fourth-order valence-corrected chi connectivity index (χ4v) is 1.98. The zero-order valence-electron chi connectivity index (χ0n) is 8.60. The van der Waals surface area contributed by atoms with E-state index in [0.717, 1.165) is 12.0 Å². The summed E-state index contributed by atoms with van der Waals surface area (Å²) in [6, 6.07) is 1.43. The molecule has 1 aliphatic rings. The molecule has 0 saturated carbocycles.